The first-order valence-corrected chi connectivity index (χ1v) is 12.0. The van der Waals surface area contributed by atoms with E-state index in [1.54, 1.807) is 91.0 Å². The second-order valence-corrected chi connectivity index (χ2v) is 13.7. The van der Waals surface area contributed by atoms with Gasteiger partial charge in [-0.2, -0.15) is 0 Å². The second kappa shape index (κ2) is 6.78. The molecule has 134 valence electrons. The number of nitrogens with zero attached hydrogens (tertiary/aromatic N) is 1. The summed E-state index contributed by atoms with van der Waals surface area (Å²) < 4.78 is 4.07. The quantitative estimate of drug-likeness (QED) is 0.361. The summed E-state index contributed by atoms with van der Waals surface area (Å²) in [5, 5.41) is 0. The molecule has 0 unspecified atom stereocenters. The molecule has 0 radical (unpaired) electrons. The van der Waals surface area contributed by atoms with E-state index in [1.807, 2.05) is 0 Å². The van der Waals surface area contributed by atoms with Crippen molar-refractivity contribution in [2.24, 2.45) is 4.40 Å². The van der Waals surface area contributed by atoms with Crippen molar-refractivity contribution in [3.8, 4) is 0 Å². The van der Waals surface area contributed by atoms with E-state index < -0.39 is 15.2 Å². The number of hydrogen-bond acceptors (Lipinski definition) is 1. The third kappa shape index (κ3) is 2.37. The van der Waals surface area contributed by atoms with Crippen molar-refractivity contribution in [3.05, 3.63) is 91.0 Å². The van der Waals surface area contributed by atoms with Crippen LogP contribution in [0.3, 0.4) is 0 Å². The van der Waals surface area contributed by atoms with E-state index in [9.17, 15) is 19.5 Å². The first-order chi connectivity index (χ1) is 12.5. The van der Waals surface area contributed by atoms with Crippen LogP contribution >= 0.6 is 6.72 Å². The van der Waals surface area contributed by atoms with Crippen molar-refractivity contribution in [3.63, 3.8) is 0 Å². The lowest BCUT2D eigenvalue weighted by Crippen LogP contribution is -2.32. The Bertz CT molecular complexity index is 942. The molecule has 0 saturated heterocycles. The first-order valence-electron chi connectivity index (χ1n) is 7.74. The normalized spacial score (nSPS) is 13.3. The zero-order chi connectivity index (χ0) is 18.7. The highest BCUT2D eigenvalue weighted by molar-refractivity contribution is 8.50. The second-order valence-electron chi connectivity index (χ2n) is 5.57. The third-order valence-corrected chi connectivity index (χ3v) is 14.1. The summed E-state index contributed by atoms with van der Waals surface area (Å²) in [4.78, 5) is 45.3. The van der Waals surface area contributed by atoms with E-state index >= 15 is 0 Å². The van der Waals surface area contributed by atoms with Gasteiger partial charge < -0.3 is 14.7 Å². The standard InChI is InChI=1S/C19H18NO4PS/c21-16-20-26(25(22,23)24,17-10-4-1-5-11-17,18-12-6-2-7-13-18)19-14-8-3-9-15-19/h1-15,22-24H. The summed E-state index contributed by atoms with van der Waals surface area (Å²) in [6, 6.07) is 25.3. The summed E-state index contributed by atoms with van der Waals surface area (Å²) in [5.41, 5.74) is 0. The van der Waals surface area contributed by atoms with Crippen LogP contribution in [0.1, 0.15) is 0 Å². The number of rotatable bonds is 4. The van der Waals surface area contributed by atoms with Crippen molar-refractivity contribution in [1.29, 1.82) is 0 Å². The maximum atomic E-state index is 11.6. The van der Waals surface area contributed by atoms with Gasteiger partial charge in [-0.25, -0.2) is 4.79 Å². The monoisotopic (exact) mass is 387 g/mol. The number of benzene rings is 3. The third-order valence-electron chi connectivity index (χ3n) is 4.26. The van der Waals surface area contributed by atoms with Gasteiger partial charge in [-0.3, -0.25) is 0 Å². The molecule has 3 N–H and O–H groups in total. The van der Waals surface area contributed by atoms with E-state index in [1.165, 1.54) is 6.08 Å². The molecule has 0 spiro atoms. The van der Waals surface area contributed by atoms with E-state index in [0.717, 1.165) is 0 Å². The Balaban J connectivity index is 2.80. The highest BCUT2D eigenvalue weighted by Gasteiger charge is 2.49. The van der Waals surface area contributed by atoms with Crippen molar-refractivity contribution in [2.45, 2.75) is 14.7 Å². The molecule has 0 atom stereocenters. The molecule has 0 aliphatic carbocycles. The van der Waals surface area contributed by atoms with Crippen LogP contribution in [0.2, 0.25) is 0 Å². The molecule has 0 aliphatic rings. The number of carbonyl (C=O) groups excluding carboxylic acids is 1. The molecule has 0 amide bonds. The van der Waals surface area contributed by atoms with Crippen molar-refractivity contribution in [2.75, 3.05) is 0 Å². The maximum absolute atomic E-state index is 11.6. The molecule has 0 saturated carbocycles. The Kier molecular flexibility index (Phi) is 4.82. The van der Waals surface area contributed by atoms with Gasteiger partial charge in [0, 0.05) is 14.7 Å². The minimum Gasteiger partial charge on any atom is -0.328 e. The summed E-state index contributed by atoms with van der Waals surface area (Å²) in [5.74, 6) is 0. The Morgan fingerprint density at radius 3 is 1.19 bits per heavy atom. The predicted octanol–water partition coefficient (Wildman–Crippen LogP) is 3.76. The largest absolute Gasteiger partial charge is 0.328 e. The first kappa shape index (κ1) is 18.5. The molecule has 7 heteroatoms. The Labute approximate surface area is 151 Å². The Morgan fingerprint density at radius 1 is 0.654 bits per heavy atom. The Morgan fingerprint density at radius 2 is 0.962 bits per heavy atom. The lowest BCUT2D eigenvalue weighted by Gasteiger charge is -2.47. The van der Waals surface area contributed by atoms with Crippen molar-refractivity contribution in [1.82, 2.24) is 0 Å². The van der Waals surface area contributed by atoms with E-state index in [4.69, 9.17) is 0 Å². The molecule has 3 rings (SSSR count). The van der Waals surface area contributed by atoms with Gasteiger partial charge in [0.05, 0.1) is 0 Å². The number of hydrogen-bond donors (Lipinski definition) is 3. The summed E-state index contributed by atoms with van der Waals surface area (Å²) in [6.07, 6.45) is 1.52. The van der Waals surface area contributed by atoms with Crippen molar-refractivity contribution >= 4 is 21.3 Å². The van der Waals surface area contributed by atoms with Gasteiger partial charge in [0.1, 0.15) is 0 Å². The van der Waals surface area contributed by atoms with Crippen LogP contribution in [0.4, 0.5) is 0 Å². The number of isocyanates is 1. The molecule has 0 bridgehead atoms. The van der Waals surface area contributed by atoms with Crippen LogP contribution < -0.4 is 0 Å². The molecule has 0 heterocycles. The molecule has 3 aromatic rings. The van der Waals surface area contributed by atoms with Crippen molar-refractivity contribution < 1.29 is 19.5 Å². The minimum absolute atomic E-state index is 0.353. The van der Waals surface area contributed by atoms with Gasteiger partial charge >= 0.3 is 0 Å². The summed E-state index contributed by atoms with van der Waals surface area (Å²) in [6.45, 7) is -4.79. The maximum Gasteiger partial charge on any atom is 0.292 e. The molecule has 5 nitrogen and oxygen atoms in total. The van der Waals surface area contributed by atoms with Crippen LogP contribution in [-0.4, -0.2) is 20.8 Å². The fourth-order valence-electron chi connectivity index (χ4n) is 3.15. The molecule has 0 aromatic heterocycles. The minimum atomic E-state index is -4.79. The highest BCUT2D eigenvalue weighted by atomic mass is 32.6. The average molecular weight is 387 g/mol. The van der Waals surface area contributed by atoms with Gasteiger partial charge in [0.25, 0.3) is 6.72 Å². The topological polar surface area (TPSA) is 90.1 Å². The predicted molar refractivity (Wildman–Crippen MR) is 103 cm³/mol. The fraction of sp³-hybridized carbons (Fsp3) is 0. The van der Waals surface area contributed by atoms with Crippen LogP contribution in [-0.2, 0) is 13.3 Å². The zero-order valence-electron chi connectivity index (χ0n) is 13.7. The molecule has 3 aromatic carbocycles. The van der Waals surface area contributed by atoms with E-state index in [2.05, 4.69) is 4.40 Å². The van der Waals surface area contributed by atoms with Crippen LogP contribution in [0.25, 0.3) is 0 Å². The van der Waals surface area contributed by atoms with E-state index in [-0.39, 0.29) is 0 Å². The smallest absolute Gasteiger partial charge is 0.292 e. The zero-order valence-corrected chi connectivity index (χ0v) is 15.4. The summed E-state index contributed by atoms with van der Waals surface area (Å²) in [7, 11) is -4.37. The summed E-state index contributed by atoms with van der Waals surface area (Å²) >= 11 is 0. The van der Waals surface area contributed by atoms with Gasteiger partial charge in [-0.15, -0.1) is 4.40 Å². The van der Waals surface area contributed by atoms with Crippen LogP contribution in [0.15, 0.2) is 110 Å². The van der Waals surface area contributed by atoms with Crippen LogP contribution in [0.5, 0.6) is 0 Å². The van der Waals surface area contributed by atoms with Crippen LogP contribution in [0, 0.1) is 0 Å². The van der Waals surface area contributed by atoms with Gasteiger partial charge in [0.15, 0.2) is 0 Å². The Hall–Kier alpha value is -2.30. The molecular weight excluding hydrogens is 369 g/mol. The lowest BCUT2D eigenvalue weighted by atomic mass is 10.4. The SMILES string of the molecule is O=C=NS(c1ccccc1)(c1ccccc1)(c1ccccc1)=P(O)(O)O. The highest BCUT2D eigenvalue weighted by Crippen LogP contribution is 2.68. The molecule has 0 aliphatic heterocycles. The molecule has 0 fully saturated rings. The average Bonchev–Trinajstić information content (AvgIpc) is 2.67. The molecular formula is C19H18NO4PS. The van der Waals surface area contributed by atoms with E-state index in [0.29, 0.717) is 14.7 Å². The lowest BCUT2D eigenvalue weighted by molar-refractivity contribution is 0.361. The van der Waals surface area contributed by atoms with Gasteiger partial charge in [0.2, 0.25) is 6.08 Å². The molecule has 26 heavy (non-hydrogen) atoms. The van der Waals surface area contributed by atoms with Gasteiger partial charge in [-0.05, 0) is 44.9 Å². The fourth-order valence-corrected chi connectivity index (χ4v) is 11.5. The van der Waals surface area contributed by atoms with Gasteiger partial charge in [-0.1, -0.05) is 54.6 Å².